The minimum atomic E-state index is 0.497. The lowest BCUT2D eigenvalue weighted by molar-refractivity contribution is 0.501. The molecule has 3 nitrogen and oxygen atoms in total. The van der Waals surface area contributed by atoms with Gasteiger partial charge in [0.1, 0.15) is 5.82 Å². The van der Waals surface area contributed by atoms with Crippen LogP contribution in [0.25, 0.3) is 0 Å². The molecule has 0 spiro atoms. The molecule has 3 heteroatoms. The van der Waals surface area contributed by atoms with Gasteiger partial charge >= 0.3 is 0 Å². The van der Waals surface area contributed by atoms with E-state index >= 15 is 0 Å². The summed E-state index contributed by atoms with van der Waals surface area (Å²) >= 11 is 0. The van der Waals surface area contributed by atoms with Gasteiger partial charge in [-0.05, 0) is 50.2 Å². The lowest BCUT2D eigenvalue weighted by Gasteiger charge is -2.29. The molecule has 0 aromatic carbocycles. The molecule has 1 unspecified atom stereocenters. The predicted molar refractivity (Wildman–Crippen MR) is 81.5 cm³/mol. The number of aromatic nitrogens is 1. The maximum Gasteiger partial charge on any atom is 0.133 e. The molecule has 0 aliphatic heterocycles. The normalized spacial score (nSPS) is 15.7. The molecule has 0 amide bonds. The Hall–Kier alpha value is -1.09. The van der Waals surface area contributed by atoms with Gasteiger partial charge in [0, 0.05) is 30.9 Å². The van der Waals surface area contributed by atoms with Gasteiger partial charge in [0.2, 0.25) is 0 Å². The van der Waals surface area contributed by atoms with Gasteiger partial charge in [0.25, 0.3) is 0 Å². The summed E-state index contributed by atoms with van der Waals surface area (Å²) < 4.78 is 0. The molecule has 1 aromatic heterocycles. The van der Waals surface area contributed by atoms with E-state index in [0.717, 1.165) is 12.2 Å². The first-order valence-corrected chi connectivity index (χ1v) is 7.47. The third-order valence-electron chi connectivity index (χ3n) is 4.13. The quantitative estimate of drug-likeness (QED) is 0.886. The summed E-state index contributed by atoms with van der Waals surface area (Å²) in [7, 11) is 2.15. The van der Waals surface area contributed by atoms with Gasteiger partial charge in [0.15, 0.2) is 0 Å². The summed E-state index contributed by atoms with van der Waals surface area (Å²) in [4.78, 5) is 7.20. The third kappa shape index (κ3) is 3.08. The van der Waals surface area contributed by atoms with Gasteiger partial charge < -0.3 is 10.6 Å². The van der Waals surface area contributed by atoms with Crippen LogP contribution >= 0.6 is 0 Å². The first-order valence-electron chi connectivity index (χ1n) is 7.47. The lowest BCUT2D eigenvalue weighted by atomic mass is 10.0. The number of pyridine rings is 1. The number of rotatable bonds is 5. The maximum atomic E-state index is 5.92. The molecule has 2 rings (SSSR count). The number of hydrogen-bond acceptors (Lipinski definition) is 3. The van der Waals surface area contributed by atoms with Gasteiger partial charge in [0.05, 0.1) is 0 Å². The topological polar surface area (TPSA) is 42.2 Å². The van der Waals surface area contributed by atoms with Crippen molar-refractivity contribution in [3.8, 4) is 0 Å². The van der Waals surface area contributed by atoms with Gasteiger partial charge in [-0.3, -0.25) is 0 Å². The molecule has 0 saturated carbocycles. The SMILES string of the molecule is CC(C)CC(C)N(C)c1nc2c(cc1CN)CCC2. The Morgan fingerprint density at radius 2 is 2.05 bits per heavy atom. The molecule has 1 atom stereocenters. The largest absolute Gasteiger partial charge is 0.357 e. The van der Waals surface area contributed by atoms with Crippen molar-refractivity contribution in [3.63, 3.8) is 0 Å². The molecule has 1 aliphatic rings. The van der Waals surface area contributed by atoms with E-state index in [1.54, 1.807) is 0 Å². The number of aryl methyl sites for hydroxylation is 2. The number of hydrogen-bond donors (Lipinski definition) is 1. The van der Waals surface area contributed by atoms with Crippen molar-refractivity contribution in [1.82, 2.24) is 4.98 Å². The summed E-state index contributed by atoms with van der Waals surface area (Å²) in [6.45, 7) is 7.39. The van der Waals surface area contributed by atoms with Gasteiger partial charge in [-0.25, -0.2) is 4.98 Å². The van der Waals surface area contributed by atoms with Crippen molar-refractivity contribution in [2.24, 2.45) is 11.7 Å². The van der Waals surface area contributed by atoms with E-state index < -0.39 is 0 Å². The van der Waals surface area contributed by atoms with Crippen LogP contribution in [0.4, 0.5) is 5.82 Å². The zero-order chi connectivity index (χ0) is 14.0. The molecule has 0 fully saturated rings. The van der Waals surface area contributed by atoms with Crippen LogP contribution < -0.4 is 10.6 Å². The van der Waals surface area contributed by atoms with Gasteiger partial charge in [-0.2, -0.15) is 0 Å². The zero-order valence-electron chi connectivity index (χ0n) is 12.7. The summed E-state index contributed by atoms with van der Waals surface area (Å²) in [5.41, 5.74) is 9.81. The van der Waals surface area contributed by atoms with E-state index in [-0.39, 0.29) is 0 Å². The number of anilines is 1. The van der Waals surface area contributed by atoms with Crippen molar-refractivity contribution in [3.05, 3.63) is 22.9 Å². The fraction of sp³-hybridized carbons (Fsp3) is 0.688. The molecule has 1 heterocycles. The van der Waals surface area contributed by atoms with E-state index in [1.165, 1.54) is 36.1 Å². The van der Waals surface area contributed by atoms with Crippen molar-refractivity contribution >= 4 is 5.82 Å². The fourth-order valence-corrected chi connectivity index (χ4v) is 3.01. The second-order valence-corrected chi connectivity index (χ2v) is 6.22. The van der Waals surface area contributed by atoms with E-state index in [2.05, 4.69) is 38.8 Å². The average molecular weight is 261 g/mol. The van der Waals surface area contributed by atoms with Crippen molar-refractivity contribution in [1.29, 1.82) is 0 Å². The molecule has 1 aromatic rings. The van der Waals surface area contributed by atoms with Crippen LogP contribution in [0.2, 0.25) is 0 Å². The average Bonchev–Trinajstić information content (AvgIpc) is 2.82. The predicted octanol–water partition coefficient (Wildman–Crippen LogP) is 2.90. The molecule has 2 N–H and O–H groups in total. The lowest BCUT2D eigenvalue weighted by Crippen LogP contribution is -2.32. The summed E-state index contributed by atoms with van der Waals surface area (Å²) in [6, 6.07) is 2.78. The standard InChI is InChI=1S/C16H27N3/c1-11(2)8-12(3)19(4)16-14(10-17)9-13-6-5-7-15(13)18-16/h9,11-12H,5-8,10,17H2,1-4H3. The van der Waals surface area contributed by atoms with Crippen LogP contribution in [0.15, 0.2) is 6.07 Å². The zero-order valence-corrected chi connectivity index (χ0v) is 12.7. The second kappa shape index (κ2) is 5.91. The first-order chi connectivity index (χ1) is 9.02. The summed E-state index contributed by atoms with van der Waals surface area (Å²) in [5.74, 6) is 1.80. The monoisotopic (exact) mass is 261 g/mol. The highest BCUT2D eigenvalue weighted by molar-refractivity contribution is 5.51. The van der Waals surface area contributed by atoms with Gasteiger partial charge in [-0.15, -0.1) is 0 Å². The van der Waals surface area contributed by atoms with Crippen LogP contribution in [0.5, 0.6) is 0 Å². The van der Waals surface area contributed by atoms with Crippen LogP contribution in [-0.4, -0.2) is 18.1 Å². The Bertz CT molecular complexity index is 440. The minimum absolute atomic E-state index is 0.497. The van der Waals surface area contributed by atoms with E-state index in [0.29, 0.717) is 18.5 Å². The van der Waals surface area contributed by atoms with Crippen LogP contribution in [0.1, 0.15) is 50.4 Å². The number of nitrogens with zero attached hydrogens (tertiary/aromatic N) is 2. The van der Waals surface area contributed by atoms with Crippen molar-refractivity contribution < 1.29 is 0 Å². The van der Waals surface area contributed by atoms with E-state index in [4.69, 9.17) is 10.7 Å². The highest BCUT2D eigenvalue weighted by Crippen LogP contribution is 2.28. The first kappa shape index (κ1) is 14.3. The molecular formula is C16H27N3. The molecular weight excluding hydrogens is 234 g/mol. The molecule has 0 radical (unpaired) electrons. The number of nitrogens with two attached hydrogens (primary N) is 1. The van der Waals surface area contributed by atoms with Crippen molar-refractivity contribution in [2.45, 2.75) is 59.0 Å². The highest BCUT2D eigenvalue weighted by atomic mass is 15.2. The van der Waals surface area contributed by atoms with Crippen LogP contribution in [-0.2, 0) is 19.4 Å². The second-order valence-electron chi connectivity index (χ2n) is 6.22. The highest BCUT2D eigenvalue weighted by Gasteiger charge is 2.20. The fourth-order valence-electron chi connectivity index (χ4n) is 3.01. The Kier molecular flexibility index (Phi) is 4.46. The molecule has 0 saturated heterocycles. The Morgan fingerprint density at radius 3 is 2.68 bits per heavy atom. The molecule has 106 valence electrons. The van der Waals surface area contributed by atoms with Crippen LogP contribution in [0.3, 0.4) is 0 Å². The van der Waals surface area contributed by atoms with E-state index in [9.17, 15) is 0 Å². The van der Waals surface area contributed by atoms with Gasteiger partial charge in [-0.1, -0.05) is 13.8 Å². The summed E-state index contributed by atoms with van der Waals surface area (Å²) in [5, 5.41) is 0. The Labute approximate surface area is 117 Å². The smallest absolute Gasteiger partial charge is 0.133 e. The molecule has 0 bridgehead atoms. The third-order valence-corrected chi connectivity index (χ3v) is 4.13. The number of fused-ring (bicyclic) bond motifs is 1. The van der Waals surface area contributed by atoms with E-state index in [1.807, 2.05) is 0 Å². The minimum Gasteiger partial charge on any atom is -0.357 e. The maximum absolute atomic E-state index is 5.92. The molecule has 1 aliphatic carbocycles. The Morgan fingerprint density at radius 1 is 1.32 bits per heavy atom. The van der Waals surface area contributed by atoms with Crippen LogP contribution in [0, 0.1) is 5.92 Å². The molecule has 19 heavy (non-hydrogen) atoms. The Balaban J connectivity index is 2.27. The summed E-state index contributed by atoms with van der Waals surface area (Å²) in [6.07, 6.45) is 4.71. The van der Waals surface area contributed by atoms with Crippen molar-refractivity contribution in [2.75, 3.05) is 11.9 Å².